The quantitative estimate of drug-likeness (QED) is 0.279. The third-order valence-electron chi connectivity index (χ3n) is 4.42. The SMILES string of the molecule is Cc1ccc(Cl)cc1NC(=O)/C(C#N)=C/c1ccc(OCc2ccccc2Cl)c(Br)c1. The average molecular weight is 516 g/mol. The maximum Gasteiger partial charge on any atom is 0.266 e. The number of hydrogen-bond donors (Lipinski definition) is 1. The smallest absolute Gasteiger partial charge is 0.266 e. The van der Waals surface area contributed by atoms with E-state index in [-0.39, 0.29) is 5.57 Å². The second kappa shape index (κ2) is 10.5. The third kappa shape index (κ3) is 6.11. The number of rotatable bonds is 6. The molecule has 31 heavy (non-hydrogen) atoms. The molecule has 0 spiro atoms. The van der Waals surface area contributed by atoms with Crippen LogP contribution in [0.2, 0.25) is 10.0 Å². The third-order valence-corrected chi connectivity index (χ3v) is 5.64. The van der Waals surface area contributed by atoms with Crippen LogP contribution in [0.4, 0.5) is 5.69 Å². The molecule has 1 amide bonds. The molecule has 0 atom stereocenters. The van der Waals surface area contributed by atoms with E-state index >= 15 is 0 Å². The Balaban J connectivity index is 1.74. The van der Waals surface area contributed by atoms with Crippen LogP contribution in [-0.2, 0) is 11.4 Å². The second-order valence-electron chi connectivity index (χ2n) is 6.65. The van der Waals surface area contributed by atoms with Gasteiger partial charge < -0.3 is 10.1 Å². The Bertz CT molecular complexity index is 1200. The topological polar surface area (TPSA) is 62.1 Å². The highest BCUT2D eigenvalue weighted by molar-refractivity contribution is 9.10. The summed E-state index contributed by atoms with van der Waals surface area (Å²) in [5.74, 6) is 0.109. The summed E-state index contributed by atoms with van der Waals surface area (Å²) < 4.78 is 6.52. The summed E-state index contributed by atoms with van der Waals surface area (Å²) in [6.07, 6.45) is 1.51. The zero-order valence-corrected chi connectivity index (χ0v) is 19.6. The minimum absolute atomic E-state index is 0.0315. The minimum Gasteiger partial charge on any atom is -0.488 e. The summed E-state index contributed by atoms with van der Waals surface area (Å²) in [5, 5.41) is 13.3. The van der Waals surface area contributed by atoms with Gasteiger partial charge in [0.25, 0.3) is 5.91 Å². The molecule has 1 N–H and O–H groups in total. The lowest BCUT2D eigenvalue weighted by atomic mass is 10.1. The van der Waals surface area contributed by atoms with E-state index < -0.39 is 5.91 Å². The highest BCUT2D eigenvalue weighted by Gasteiger charge is 2.12. The van der Waals surface area contributed by atoms with Crippen LogP contribution in [0, 0.1) is 18.3 Å². The molecule has 4 nitrogen and oxygen atoms in total. The number of nitriles is 1. The Kier molecular flexibility index (Phi) is 7.75. The molecule has 0 aromatic heterocycles. The number of amides is 1. The van der Waals surface area contributed by atoms with Gasteiger partial charge in [-0.3, -0.25) is 4.79 Å². The first-order chi connectivity index (χ1) is 14.9. The number of aryl methyl sites for hydroxylation is 1. The maximum absolute atomic E-state index is 12.6. The molecule has 0 radical (unpaired) electrons. The summed E-state index contributed by atoms with van der Waals surface area (Å²) in [5.41, 5.74) is 2.92. The van der Waals surface area contributed by atoms with E-state index in [1.54, 1.807) is 36.4 Å². The fraction of sp³-hybridized carbons (Fsp3) is 0.0833. The van der Waals surface area contributed by atoms with Crippen molar-refractivity contribution in [3.63, 3.8) is 0 Å². The molecule has 0 saturated carbocycles. The van der Waals surface area contributed by atoms with Gasteiger partial charge in [0.2, 0.25) is 0 Å². The largest absolute Gasteiger partial charge is 0.488 e. The highest BCUT2D eigenvalue weighted by atomic mass is 79.9. The van der Waals surface area contributed by atoms with Crippen molar-refractivity contribution in [1.82, 2.24) is 0 Å². The molecule has 0 unspecified atom stereocenters. The molecule has 3 rings (SSSR count). The van der Waals surface area contributed by atoms with Crippen LogP contribution >= 0.6 is 39.1 Å². The van der Waals surface area contributed by atoms with Crippen molar-refractivity contribution in [2.75, 3.05) is 5.32 Å². The molecule has 0 saturated heterocycles. The molecule has 0 aliphatic carbocycles. The standard InChI is InChI=1S/C24H17BrCl2N2O2/c1-15-6-8-19(26)12-22(15)29-24(30)18(13-28)10-16-7-9-23(20(25)11-16)31-14-17-4-2-3-5-21(17)27/h2-12H,14H2,1H3,(H,29,30)/b18-10+. The molecule has 7 heteroatoms. The molecule has 0 aliphatic heterocycles. The van der Waals surface area contributed by atoms with Crippen molar-refractivity contribution in [2.45, 2.75) is 13.5 Å². The second-order valence-corrected chi connectivity index (χ2v) is 8.35. The van der Waals surface area contributed by atoms with Crippen molar-refractivity contribution in [3.8, 4) is 11.8 Å². The van der Waals surface area contributed by atoms with Crippen LogP contribution in [0.15, 0.2) is 70.7 Å². The number of anilines is 1. The van der Waals surface area contributed by atoms with E-state index in [0.717, 1.165) is 11.1 Å². The number of nitrogens with one attached hydrogen (secondary N) is 1. The van der Waals surface area contributed by atoms with Crippen molar-refractivity contribution in [3.05, 3.63) is 97.4 Å². The van der Waals surface area contributed by atoms with Crippen LogP contribution in [-0.4, -0.2) is 5.91 Å². The van der Waals surface area contributed by atoms with Gasteiger partial charge in [-0.25, -0.2) is 0 Å². The summed E-state index contributed by atoms with van der Waals surface area (Å²) in [4.78, 5) is 12.6. The van der Waals surface area contributed by atoms with Gasteiger partial charge in [0.1, 0.15) is 24.0 Å². The Morgan fingerprint density at radius 1 is 1.16 bits per heavy atom. The monoisotopic (exact) mass is 514 g/mol. The van der Waals surface area contributed by atoms with Gasteiger partial charge in [-0.1, -0.05) is 53.5 Å². The van der Waals surface area contributed by atoms with E-state index in [0.29, 0.717) is 38.1 Å². The normalized spacial score (nSPS) is 11.0. The number of carbonyl (C=O) groups is 1. The molecule has 0 heterocycles. The Morgan fingerprint density at radius 3 is 2.65 bits per heavy atom. The van der Waals surface area contributed by atoms with Crippen molar-refractivity contribution in [2.24, 2.45) is 0 Å². The van der Waals surface area contributed by atoms with Gasteiger partial charge in [-0.05, 0) is 70.4 Å². The Morgan fingerprint density at radius 2 is 1.94 bits per heavy atom. The first-order valence-electron chi connectivity index (χ1n) is 9.22. The molecule has 3 aromatic rings. The van der Waals surface area contributed by atoms with Gasteiger partial charge in [0.05, 0.1) is 4.47 Å². The van der Waals surface area contributed by atoms with E-state index in [2.05, 4.69) is 21.2 Å². The number of ether oxygens (including phenoxy) is 1. The fourth-order valence-corrected chi connectivity index (χ4v) is 3.60. The molecule has 0 fully saturated rings. The first-order valence-corrected chi connectivity index (χ1v) is 10.8. The van der Waals surface area contributed by atoms with Crippen molar-refractivity contribution in [1.29, 1.82) is 5.26 Å². The lowest BCUT2D eigenvalue weighted by Crippen LogP contribution is -2.14. The predicted molar refractivity (Wildman–Crippen MR) is 128 cm³/mol. The van der Waals surface area contributed by atoms with Crippen molar-refractivity contribution >= 4 is 56.8 Å². The summed E-state index contributed by atoms with van der Waals surface area (Å²) >= 11 is 15.6. The molecule has 156 valence electrons. The lowest BCUT2D eigenvalue weighted by Gasteiger charge is -2.10. The molecule has 0 aliphatic rings. The lowest BCUT2D eigenvalue weighted by molar-refractivity contribution is -0.112. The summed E-state index contributed by atoms with van der Waals surface area (Å²) in [7, 11) is 0. The van der Waals surface area contributed by atoms with Crippen LogP contribution in [0.5, 0.6) is 5.75 Å². The number of hydrogen-bond acceptors (Lipinski definition) is 3. The molecular weight excluding hydrogens is 499 g/mol. The van der Waals surface area contributed by atoms with Gasteiger partial charge >= 0.3 is 0 Å². The van der Waals surface area contributed by atoms with Crippen LogP contribution < -0.4 is 10.1 Å². The number of benzene rings is 3. The van der Waals surface area contributed by atoms with Gasteiger partial charge in [-0.15, -0.1) is 0 Å². The van der Waals surface area contributed by atoms with Gasteiger partial charge in [-0.2, -0.15) is 5.26 Å². The molecule has 0 bridgehead atoms. The van der Waals surface area contributed by atoms with Crippen LogP contribution in [0.3, 0.4) is 0 Å². The minimum atomic E-state index is -0.511. The zero-order valence-electron chi connectivity index (χ0n) is 16.5. The zero-order chi connectivity index (χ0) is 22.4. The number of halogens is 3. The van der Waals surface area contributed by atoms with E-state index in [9.17, 15) is 10.1 Å². The Labute approximate surface area is 199 Å². The van der Waals surface area contributed by atoms with E-state index in [1.165, 1.54) is 6.08 Å². The number of carbonyl (C=O) groups excluding carboxylic acids is 1. The van der Waals surface area contributed by atoms with Gasteiger partial charge in [0.15, 0.2) is 0 Å². The summed E-state index contributed by atoms with van der Waals surface area (Å²) in [6.45, 7) is 2.17. The first kappa shape index (κ1) is 22.9. The van der Waals surface area contributed by atoms with Crippen LogP contribution in [0.1, 0.15) is 16.7 Å². The number of nitrogens with zero attached hydrogens (tertiary/aromatic N) is 1. The fourth-order valence-electron chi connectivity index (χ4n) is 2.73. The molecule has 3 aromatic carbocycles. The maximum atomic E-state index is 12.6. The van der Waals surface area contributed by atoms with Crippen molar-refractivity contribution < 1.29 is 9.53 Å². The molecular formula is C24H17BrCl2N2O2. The van der Waals surface area contributed by atoms with Gasteiger partial charge in [0, 0.05) is 21.3 Å². The van der Waals surface area contributed by atoms with E-state index in [1.807, 2.05) is 37.3 Å². The van der Waals surface area contributed by atoms with E-state index in [4.69, 9.17) is 27.9 Å². The Hall–Kier alpha value is -2.78. The predicted octanol–water partition coefficient (Wildman–Crippen LogP) is 7.19. The highest BCUT2D eigenvalue weighted by Crippen LogP contribution is 2.29. The summed E-state index contributed by atoms with van der Waals surface area (Å²) in [6, 6.07) is 19.9. The average Bonchev–Trinajstić information content (AvgIpc) is 2.75. The van der Waals surface area contributed by atoms with Crippen LogP contribution in [0.25, 0.3) is 6.08 Å².